The number of fused-ring (bicyclic) bond motifs is 1. The minimum absolute atomic E-state index is 0.176. The fourth-order valence-corrected chi connectivity index (χ4v) is 3.03. The van der Waals surface area contributed by atoms with Crippen LogP contribution < -0.4 is 0 Å². The second-order valence-electron chi connectivity index (χ2n) is 6.57. The third kappa shape index (κ3) is 4.06. The van der Waals surface area contributed by atoms with Crippen LogP contribution in [0.15, 0.2) is 61.4 Å². The Hall–Kier alpha value is -3.41. The first kappa shape index (κ1) is 17.0. The zero-order valence-corrected chi connectivity index (χ0v) is 15.0. The van der Waals surface area contributed by atoms with Crippen LogP contribution in [0.3, 0.4) is 0 Å². The lowest BCUT2D eigenvalue weighted by molar-refractivity contribution is -0.118. The molecule has 0 aliphatic carbocycles. The van der Waals surface area contributed by atoms with E-state index in [0.717, 1.165) is 39.7 Å². The van der Waals surface area contributed by atoms with Crippen LogP contribution in [-0.4, -0.2) is 30.5 Å². The monoisotopic (exact) mass is 357 g/mol. The molecule has 0 atom stereocenters. The number of aromatic nitrogens is 5. The molecule has 0 aliphatic rings. The normalized spacial score (nSPS) is 11.0. The molecule has 0 N–H and O–H groups in total. The van der Waals surface area contributed by atoms with Crippen molar-refractivity contribution in [1.82, 2.24) is 24.7 Å². The van der Waals surface area contributed by atoms with Crippen molar-refractivity contribution in [3.63, 3.8) is 0 Å². The number of carbonyl (C=O) groups is 1. The van der Waals surface area contributed by atoms with Gasteiger partial charge in [0.25, 0.3) is 0 Å². The average molecular weight is 357 g/mol. The molecule has 4 aromatic rings. The molecule has 0 bridgehead atoms. The van der Waals surface area contributed by atoms with Crippen molar-refractivity contribution < 1.29 is 4.79 Å². The van der Waals surface area contributed by atoms with Crippen molar-refractivity contribution in [2.45, 2.75) is 19.3 Å². The van der Waals surface area contributed by atoms with Crippen LogP contribution in [0.5, 0.6) is 0 Å². The van der Waals surface area contributed by atoms with Gasteiger partial charge in [-0.1, -0.05) is 0 Å². The molecule has 6 nitrogen and oxygen atoms in total. The van der Waals surface area contributed by atoms with Gasteiger partial charge in [-0.3, -0.25) is 24.4 Å². The molecule has 4 rings (SSSR count). The number of carbonyl (C=O) groups excluding carboxylic acids is 1. The van der Waals surface area contributed by atoms with Gasteiger partial charge < -0.3 is 0 Å². The van der Waals surface area contributed by atoms with E-state index in [-0.39, 0.29) is 5.78 Å². The Morgan fingerprint density at radius 1 is 1.04 bits per heavy atom. The van der Waals surface area contributed by atoms with Gasteiger partial charge in [0.2, 0.25) is 0 Å². The molecule has 0 fully saturated rings. The van der Waals surface area contributed by atoms with Crippen LogP contribution in [0, 0.1) is 0 Å². The predicted molar refractivity (Wildman–Crippen MR) is 103 cm³/mol. The van der Waals surface area contributed by atoms with Crippen LogP contribution in [0.2, 0.25) is 0 Å². The zero-order chi connectivity index (χ0) is 18.6. The molecule has 0 radical (unpaired) electrons. The van der Waals surface area contributed by atoms with Gasteiger partial charge in [0, 0.05) is 66.9 Å². The third-order valence-electron chi connectivity index (χ3n) is 4.48. The first-order chi connectivity index (χ1) is 13.2. The summed E-state index contributed by atoms with van der Waals surface area (Å²) in [5.41, 5.74) is 4.72. The molecule has 4 heterocycles. The van der Waals surface area contributed by atoms with Gasteiger partial charge in [0.05, 0.1) is 17.9 Å². The van der Waals surface area contributed by atoms with Gasteiger partial charge in [0.15, 0.2) is 0 Å². The molecule has 6 heteroatoms. The Kier molecular flexibility index (Phi) is 4.70. The largest absolute Gasteiger partial charge is 0.299 e. The van der Waals surface area contributed by atoms with Gasteiger partial charge in [-0.05, 0) is 36.2 Å². The average Bonchev–Trinajstić information content (AvgIpc) is 3.13. The zero-order valence-electron chi connectivity index (χ0n) is 15.0. The molecule has 0 unspecified atom stereocenters. The Morgan fingerprint density at radius 2 is 1.89 bits per heavy atom. The van der Waals surface area contributed by atoms with Crippen LogP contribution >= 0.6 is 0 Å². The Bertz CT molecular complexity index is 1090. The maximum absolute atomic E-state index is 12.3. The number of rotatable bonds is 6. The highest BCUT2D eigenvalue weighted by molar-refractivity contribution is 5.85. The molecule has 0 saturated carbocycles. The second-order valence-corrected chi connectivity index (χ2v) is 6.57. The quantitative estimate of drug-likeness (QED) is 0.530. The molecular weight excluding hydrogens is 338 g/mol. The molecule has 0 aliphatic heterocycles. The Labute approximate surface area is 156 Å². The smallest absolute Gasteiger partial charge is 0.139 e. The lowest BCUT2D eigenvalue weighted by Gasteiger charge is -2.05. The summed E-state index contributed by atoms with van der Waals surface area (Å²) in [7, 11) is 1.89. The fourth-order valence-electron chi connectivity index (χ4n) is 3.03. The van der Waals surface area contributed by atoms with Gasteiger partial charge in [-0.15, -0.1) is 0 Å². The summed E-state index contributed by atoms with van der Waals surface area (Å²) in [6.45, 7) is 0. The summed E-state index contributed by atoms with van der Waals surface area (Å²) in [5, 5.41) is 5.18. The van der Waals surface area contributed by atoms with Crippen LogP contribution in [-0.2, 0) is 24.7 Å². The number of aryl methyl sites for hydroxylation is 2. The van der Waals surface area contributed by atoms with E-state index in [1.165, 1.54) is 0 Å². The standard InChI is InChI=1S/C21H19N5O/c1-26-14-18(12-25-26)17-8-16-9-19(23-13-21(16)24-11-17)10-20(27)3-2-15-4-6-22-7-5-15/h4-9,11-14H,2-3,10H2,1H3. The van der Waals surface area contributed by atoms with Gasteiger partial charge in [-0.2, -0.15) is 5.10 Å². The topological polar surface area (TPSA) is 73.6 Å². The summed E-state index contributed by atoms with van der Waals surface area (Å²) in [6, 6.07) is 7.89. The van der Waals surface area contributed by atoms with Crippen LogP contribution in [0.4, 0.5) is 0 Å². The fraction of sp³-hybridized carbons (Fsp3) is 0.190. The van der Waals surface area contributed by atoms with Crippen LogP contribution in [0.25, 0.3) is 22.0 Å². The maximum atomic E-state index is 12.3. The van der Waals surface area contributed by atoms with E-state index in [2.05, 4.69) is 26.1 Å². The molecule has 0 saturated heterocycles. The van der Waals surface area contributed by atoms with Crippen LogP contribution in [0.1, 0.15) is 17.7 Å². The molecule has 27 heavy (non-hydrogen) atoms. The van der Waals surface area contributed by atoms with E-state index in [0.29, 0.717) is 12.8 Å². The number of Topliss-reactive ketones (excluding diaryl/α,β-unsaturated/α-hetero) is 1. The first-order valence-electron chi connectivity index (χ1n) is 8.82. The first-order valence-corrected chi connectivity index (χ1v) is 8.82. The molecule has 0 amide bonds. The third-order valence-corrected chi connectivity index (χ3v) is 4.48. The highest BCUT2D eigenvalue weighted by Gasteiger charge is 2.08. The summed E-state index contributed by atoms with van der Waals surface area (Å²) >= 11 is 0. The van der Waals surface area contributed by atoms with Gasteiger partial charge >= 0.3 is 0 Å². The summed E-state index contributed by atoms with van der Waals surface area (Å²) in [5.74, 6) is 0.176. The summed E-state index contributed by atoms with van der Waals surface area (Å²) in [4.78, 5) is 25.2. The molecule has 134 valence electrons. The van der Waals surface area contributed by atoms with Crippen molar-refractivity contribution in [2.24, 2.45) is 7.05 Å². The molecule has 0 spiro atoms. The number of nitrogens with zero attached hydrogens (tertiary/aromatic N) is 5. The lowest BCUT2D eigenvalue weighted by Crippen LogP contribution is -2.06. The van der Waals surface area contributed by atoms with E-state index in [9.17, 15) is 4.79 Å². The van der Waals surface area contributed by atoms with Crippen molar-refractivity contribution in [1.29, 1.82) is 0 Å². The highest BCUT2D eigenvalue weighted by Crippen LogP contribution is 2.22. The van der Waals surface area contributed by atoms with Crippen molar-refractivity contribution in [2.75, 3.05) is 0 Å². The predicted octanol–water partition coefficient (Wildman–Crippen LogP) is 3.17. The summed E-state index contributed by atoms with van der Waals surface area (Å²) < 4.78 is 1.76. The number of hydrogen-bond donors (Lipinski definition) is 0. The Morgan fingerprint density at radius 3 is 2.67 bits per heavy atom. The van der Waals surface area contributed by atoms with Gasteiger partial charge in [0.1, 0.15) is 5.78 Å². The minimum Gasteiger partial charge on any atom is -0.299 e. The van der Waals surface area contributed by atoms with E-state index < -0.39 is 0 Å². The van der Waals surface area contributed by atoms with Crippen molar-refractivity contribution in [3.8, 4) is 11.1 Å². The molecular formula is C21H19N5O. The van der Waals surface area contributed by atoms with E-state index >= 15 is 0 Å². The number of ketones is 1. The number of pyridine rings is 3. The number of hydrogen-bond acceptors (Lipinski definition) is 5. The van der Waals surface area contributed by atoms with E-state index in [4.69, 9.17) is 0 Å². The molecule has 0 aromatic carbocycles. The Balaban J connectivity index is 1.49. The molecule has 4 aromatic heterocycles. The minimum atomic E-state index is 0.176. The van der Waals surface area contributed by atoms with E-state index in [1.807, 2.05) is 43.8 Å². The van der Waals surface area contributed by atoms with Crippen molar-refractivity contribution in [3.05, 3.63) is 72.7 Å². The lowest BCUT2D eigenvalue weighted by atomic mass is 10.0. The highest BCUT2D eigenvalue weighted by atomic mass is 16.1. The van der Waals surface area contributed by atoms with Crippen molar-refractivity contribution >= 4 is 16.7 Å². The second kappa shape index (κ2) is 7.45. The maximum Gasteiger partial charge on any atom is 0.139 e. The summed E-state index contributed by atoms with van der Waals surface area (Å²) in [6.07, 6.45) is 12.4. The SMILES string of the molecule is Cn1cc(-c2cnc3cnc(CC(=O)CCc4ccncc4)cc3c2)cn1. The van der Waals surface area contributed by atoms with Gasteiger partial charge in [-0.25, -0.2) is 0 Å². The van der Waals surface area contributed by atoms with E-state index in [1.54, 1.807) is 23.3 Å².